The van der Waals surface area contributed by atoms with Crippen LogP contribution in [0.2, 0.25) is 0 Å². The van der Waals surface area contributed by atoms with Crippen molar-refractivity contribution in [3.05, 3.63) is 231 Å². The Labute approximate surface area is 400 Å². The minimum atomic E-state index is 0.518. The van der Waals surface area contributed by atoms with Gasteiger partial charge in [-0.05, 0) is 101 Å². The first-order chi connectivity index (χ1) is 34.7. The summed E-state index contributed by atoms with van der Waals surface area (Å²) in [5.41, 5.74) is 13.2. The molecule has 326 valence electrons. The molecule has 15 aromatic rings. The fourth-order valence-corrected chi connectivity index (χ4v) is 11.0. The zero-order chi connectivity index (χ0) is 45.9. The van der Waals surface area contributed by atoms with Crippen LogP contribution in [-0.2, 0) is 0 Å². The molecular formula is C63H38N6O. The van der Waals surface area contributed by atoms with Crippen molar-refractivity contribution in [2.75, 3.05) is 0 Å². The number of hydrogen-bond donors (Lipinski definition) is 0. The van der Waals surface area contributed by atoms with Crippen LogP contribution in [0.15, 0.2) is 235 Å². The van der Waals surface area contributed by atoms with Crippen LogP contribution in [0, 0.1) is 0 Å². The van der Waals surface area contributed by atoms with Crippen molar-refractivity contribution < 1.29 is 4.42 Å². The second kappa shape index (κ2) is 15.0. The number of hydrogen-bond acceptors (Lipinski definition) is 4. The van der Waals surface area contributed by atoms with Crippen LogP contribution in [-0.4, -0.2) is 28.7 Å². The Morgan fingerprint density at radius 3 is 1.74 bits per heavy atom. The van der Waals surface area contributed by atoms with E-state index in [2.05, 4.69) is 226 Å². The second-order valence-electron chi connectivity index (χ2n) is 18.0. The number of nitrogens with zero attached hydrogens (tertiary/aromatic N) is 6. The Morgan fingerprint density at radius 2 is 0.929 bits per heavy atom. The second-order valence-corrected chi connectivity index (χ2v) is 18.0. The van der Waals surface area contributed by atoms with Crippen LogP contribution in [0.5, 0.6) is 0 Å². The van der Waals surface area contributed by atoms with Gasteiger partial charge >= 0.3 is 0 Å². The van der Waals surface area contributed by atoms with E-state index in [1.54, 1.807) is 0 Å². The van der Waals surface area contributed by atoms with Crippen LogP contribution >= 0.6 is 0 Å². The lowest BCUT2D eigenvalue weighted by Crippen LogP contribution is -2.07. The summed E-state index contributed by atoms with van der Waals surface area (Å²) in [5, 5.41) is 9.95. The number of furan rings is 1. The maximum absolute atomic E-state index is 6.65. The summed E-state index contributed by atoms with van der Waals surface area (Å²) < 4.78 is 13.5. The van der Waals surface area contributed by atoms with Gasteiger partial charge in [0.15, 0.2) is 11.6 Å². The van der Waals surface area contributed by atoms with E-state index in [9.17, 15) is 0 Å². The molecule has 0 unspecified atom stereocenters. The highest BCUT2D eigenvalue weighted by Crippen LogP contribution is 2.42. The van der Waals surface area contributed by atoms with Gasteiger partial charge in [-0.3, -0.25) is 4.57 Å². The van der Waals surface area contributed by atoms with Crippen molar-refractivity contribution >= 4 is 87.2 Å². The summed E-state index contributed by atoms with van der Waals surface area (Å²) in [7, 11) is 0. The third-order valence-corrected chi connectivity index (χ3v) is 14.1. The normalized spacial score (nSPS) is 12.0. The summed E-state index contributed by atoms with van der Waals surface area (Å²) in [6.07, 6.45) is 2.16. The fraction of sp³-hybridized carbons (Fsp3) is 0. The van der Waals surface area contributed by atoms with Gasteiger partial charge in [0.2, 0.25) is 5.95 Å². The molecule has 0 saturated heterocycles. The third kappa shape index (κ3) is 5.72. The molecule has 15 rings (SSSR count). The van der Waals surface area contributed by atoms with Crippen LogP contribution in [0.25, 0.3) is 138 Å². The Bertz CT molecular complexity index is 4590. The fourth-order valence-electron chi connectivity index (χ4n) is 11.0. The van der Waals surface area contributed by atoms with Gasteiger partial charge in [-0.1, -0.05) is 146 Å². The van der Waals surface area contributed by atoms with Gasteiger partial charge in [0.05, 0.1) is 33.1 Å². The van der Waals surface area contributed by atoms with Gasteiger partial charge in [-0.25, -0.2) is 4.98 Å². The quantitative estimate of drug-likeness (QED) is 0.167. The molecule has 0 amide bonds. The molecule has 5 aromatic heterocycles. The third-order valence-electron chi connectivity index (χ3n) is 14.1. The smallest absolute Gasteiger partial charge is 0.238 e. The van der Waals surface area contributed by atoms with E-state index in [1.807, 2.05) is 18.2 Å². The van der Waals surface area contributed by atoms with E-state index in [-0.39, 0.29) is 0 Å². The van der Waals surface area contributed by atoms with Crippen molar-refractivity contribution in [1.82, 2.24) is 28.7 Å². The molecule has 0 bridgehead atoms. The molecule has 0 atom stereocenters. The number of para-hydroxylation sites is 5. The molecule has 0 radical (unpaired) electrons. The SMILES string of the molecule is c1ccc(-n2ccc3c2ccc2c4cc(-c5ccc6c(c5)c5ccccc5n6-c5ccccc5)ccc4n(-c4nc(-c5cccc6ccccc56)nc(-c5cccc6c5oc5ccccc56)n4)c23)cc1. The lowest BCUT2D eigenvalue weighted by Gasteiger charge is -2.13. The molecule has 70 heavy (non-hydrogen) atoms. The predicted octanol–water partition coefficient (Wildman–Crippen LogP) is 16.1. The maximum atomic E-state index is 6.65. The molecular weight excluding hydrogens is 857 g/mol. The standard InChI is InChI=1S/C63H38N6O/c1-3-17-42(18-4-1)67-36-35-50-54(67)34-31-47-53-38-41(40-29-32-56-52(37-40)45-22-9-11-27-55(45)68(56)43-19-5-2-6-20-43)30-33-57(53)69(59(47)50)63-65-61(49-25-13-16-39-15-7-8-21-44(39)49)64-62(66-63)51-26-14-24-48-46-23-10-12-28-58(46)70-60(48)51/h1-38H. The molecule has 10 aromatic carbocycles. The minimum absolute atomic E-state index is 0.518. The monoisotopic (exact) mass is 894 g/mol. The molecule has 0 N–H and O–H groups in total. The average Bonchev–Trinajstić information content (AvgIpc) is 4.20. The lowest BCUT2D eigenvalue weighted by molar-refractivity contribution is 0.669. The van der Waals surface area contributed by atoms with Crippen molar-refractivity contribution in [2.24, 2.45) is 0 Å². The molecule has 7 nitrogen and oxygen atoms in total. The Hall–Kier alpha value is -9.59. The molecule has 0 spiro atoms. The Morgan fingerprint density at radius 1 is 0.343 bits per heavy atom. The number of aromatic nitrogens is 6. The van der Waals surface area contributed by atoms with E-state index in [4.69, 9.17) is 19.4 Å². The van der Waals surface area contributed by atoms with E-state index >= 15 is 0 Å². The van der Waals surface area contributed by atoms with Crippen LogP contribution in [0.4, 0.5) is 0 Å². The summed E-state index contributed by atoms with van der Waals surface area (Å²) >= 11 is 0. The van der Waals surface area contributed by atoms with E-state index in [0.29, 0.717) is 17.6 Å². The van der Waals surface area contributed by atoms with Crippen LogP contribution in [0.3, 0.4) is 0 Å². The molecule has 7 heteroatoms. The highest BCUT2D eigenvalue weighted by Gasteiger charge is 2.24. The first-order valence-corrected chi connectivity index (χ1v) is 23.6. The first kappa shape index (κ1) is 38.5. The average molecular weight is 895 g/mol. The Balaban J connectivity index is 1.01. The summed E-state index contributed by atoms with van der Waals surface area (Å²) in [4.78, 5) is 16.3. The van der Waals surface area contributed by atoms with Crippen molar-refractivity contribution in [3.8, 4) is 51.2 Å². The van der Waals surface area contributed by atoms with Crippen molar-refractivity contribution in [2.45, 2.75) is 0 Å². The molecule has 0 aliphatic rings. The van der Waals surface area contributed by atoms with Gasteiger partial charge in [-0.15, -0.1) is 0 Å². The zero-order valence-corrected chi connectivity index (χ0v) is 37.5. The summed E-state index contributed by atoms with van der Waals surface area (Å²) in [6.45, 7) is 0. The Kier molecular flexibility index (Phi) is 8.23. The van der Waals surface area contributed by atoms with E-state index in [0.717, 1.165) is 99.0 Å². The molecule has 0 aliphatic heterocycles. The van der Waals surface area contributed by atoms with Gasteiger partial charge in [-0.2, -0.15) is 9.97 Å². The number of benzene rings is 10. The summed E-state index contributed by atoms with van der Waals surface area (Å²) in [6, 6.07) is 79.4. The van der Waals surface area contributed by atoms with Gasteiger partial charge in [0.1, 0.15) is 11.2 Å². The zero-order valence-electron chi connectivity index (χ0n) is 37.5. The van der Waals surface area contributed by atoms with Crippen LogP contribution in [0.1, 0.15) is 0 Å². The largest absolute Gasteiger partial charge is 0.455 e. The first-order valence-electron chi connectivity index (χ1n) is 23.6. The molecule has 0 aliphatic carbocycles. The summed E-state index contributed by atoms with van der Waals surface area (Å²) in [5.74, 6) is 1.62. The molecule has 5 heterocycles. The van der Waals surface area contributed by atoms with Crippen molar-refractivity contribution in [3.63, 3.8) is 0 Å². The molecule has 0 saturated carbocycles. The number of rotatable bonds is 6. The highest BCUT2D eigenvalue weighted by molar-refractivity contribution is 6.19. The lowest BCUT2D eigenvalue weighted by atomic mass is 10.0. The molecule has 0 fully saturated rings. The minimum Gasteiger partial charge on any atom is -0.455 e. The van der Waals surface area contributed by atoms with Gasteiger partial charge in [0.25, 0.3) is 0 Å². The van der Waals surface area contributed by atoms with E-state index < -0.39 is 0 Å². The number of fused-ring (bicyclic) bond motifs is 12. The maximum Gasteiger partial charge on any atom is 0.238 e. The highest BCUT2D eigenvalue weighted by atomic mass is 16.3. The predicted molar refractivity (Wildman–Crippen MR) is 286 cm³/mol. The van der Waals surface area contributed by atoms with Crippen molar-refractivity contribution in [1.29, 1.82) is 0 Å². The van der Waals surface area contributed by atoms with Gasteiger partial charge < -0.3 is 13.6 Å². The van der Waals surface area contributed by atoms with Crippen LogP contribution < -0.4 is 0 Å². The van der Waals surface area contributed by atoms with Gasteiger partial charge in [0, 0.05) is 60.8 Å². The topological polar surface area (TPSA) is 66.6 Å². The van der Waals surface area contributed by atoms with E-state index in [1.165, 1.54) is 21.8 Å².